The number of ether oxygens (including phenoxy) is 1. The van der Waals surface area contributed by atoms with E-state index in [2.05, 4.69) is 59.4 Å². The number of rotatable bonds is 7. The molecule has 2 aliphatic heterocycles. The van der Waals surface area contributed by atoms with Crippen LogP contribution < -0.4 is 31.2 Å². The molecule has 0 aliphatic carbocycles. The highest BCUT2D eigenvalue weighted by Crippen LogP contribution is 2.23. The number of nitrogens with one attached hydrogen (secondary N) is 1. The monoisotopic (exact) mass is 497 g/mol. The molecule has 37 heavy (non-hydrogen) atoms. The minimum atomic E-state index is -0.0855. The Morgan fingerprint density at radius 2 is 1.73 bits per heavy atom. The van der Waals surface area contributed by atoms with E-state index >= 15 is 0 Å². The number of para-hydroxylation sites is 1. The van der Waals surface area contributed by atoms with Crippen molar-refractivity contribution in [3.63, 3.8) is 0 Å². The first kappa shape index (κ1) is 24.8. The van der Waals surface area contributed by atoms with E-state index in [0.29, 0.717) is 12.0 Å². The Morgan fingerprint density at radius 1 is 0.973 bits per heavy atom. The molecule has 1 fully saturated rings. The van der Waals surface area contributed by atoms with Gasteiger partial charge in [-0.05, 0) is 61.9 Å². The number of hydrogen-bond acceptors (Lipinski definition) is 6. The highest BCUT2D eigenvalue weighted by atomic mass is 16.5. The molecule has 2 aliphatic rings. The topological polar surface area (TPSA) is 62.1 Å². The first-order valence-corrected chi connectivity index (χ1v) is 13.0. The normalized spacial score (nSPS) is 15.9. The van der Waals surface area contributed by atoms with E-state index in [1.165, 1.54) is 11.3 Å². The molecule has 0 spiro atoms. The van der Waals surface area contributed by atoms with Crippen molar-refractivity contribution in [1.29, 1.82) is 0 Å². The smallest absolute Gasteiger partial charge is 0.252 e. The molecule has 3 aromatic rings. The van der Waals surface area contributed by atoms with Gasteiger partial charge in [-0.3, -0.25) is 9.36 Å². The third kappa shape index (κ3) is 5.47. The van der Waals surface area contributed by atoms with E-state index in [0.717, 1.165) is 67.1 Å². The average Bonchev–Trinajstić information content (AvgIpc) is 3.10. The van der Waals surface area contributed by atoms with Crippen LogP contribution >= 0.6 is 0 Å². The molecule has 192 valence electrons. The molecule has 2 aromatic carbocycles. The van der Waals surface area contributed by atoms with E-state index in [1.807, 2.05) is 30.3 Å². The number of nitrogens with zero attached hydrogens (tertiary/aromatic N) is 4. The third-order valence-corrected chi connectivity index (χ3v) is 7.25. The van der Waals surface area contributed by atoms with E-state index < -0.39 is 0 Å². The van der Waals surface area contributed by atoms with Crippen LogP contribution in [0.1, 0.15) is 25.3 Å². The molecule has 1 aromatic heterocycles. The lowest BCUT2D eigenvalue weighted by Gasteiger charge is -2.34. The molecule has 1 N–H and O–H groups in total. The van der Waals surface area contributed by atoms with Crippen molar-refractivity contribution in [1.82, 2.24) is 9.47 Å². The summed E-state index contributed by atoms with van der Waals surface area (Å²) in [5, 5.41) is 4.52. The van der Waals surface area contributed by atoms with E-state index in [9.17, 15) is 4.79 Å². The minimum Gasteiger partial charge on any atom is -0.496 e. The summed E-state index contributed by atoms with van der Waals surface area (Å²) in [4.78, 5) is 22.9. The quantitative estimate of drug-likeness (QED) is 0.543. The first-order chi connectivity index (χ1) is 18.1. The van der Waals surface area contributed by atoms with Crippen LogP contribution in [0.15, 0.2) is 81.8 Å². The van der Waals surface area contributed by atoms with Crippen LogP contribution in [0.25, 0.3) is 6.08 Å². The molecular formula is C30H35N5O2. The van der Waals surface area contributed by atoms with E-state index in [-0.39, 0.29) is 5.56 Å². The van der Waals surface area contributed by atoms with Gasteiger partial charge in [0.2, 0.25) is 0 Å². The molecule has 0 amide bonds. The van der Waals surface area contributed by atoms with Gasteiger partial charge in [-0.2, -0.15) is 0 Å². The molecule has 0 atom stereocenters. The zero-order valence-electron chi connectivity index (χ0n) is 21.9. The van der Waals surface area contributed by atoms with Gasteiger partial charge in [-0.25, -0.2) is 4.99 Å². The van der Waals surface area contributed by atoms with Crippen LogP contribution in [0.5, 0.6) is 5.75 Å². The fourth-order valence-corrected chi connectivity index (χ4v) is 4.93. The molecule has 7 heteroatoms. The first-order valence-electron chi connectivity index (χ1n) is 13.0. The maximum atomic E-state index is 13.0. The highest BCUT2D eigenvalue weighted by molar-refractivity contribution is 5.58. The number of pyridine rings is 1. The second-order valence-corrected chi connectivity index (χ2v) is 9.64. The summed E-state index contributed by atoms with van der Waals surface area (Å²) in [5.74, 6) is 1.57. The van der Waals surface area contributed by atoms with E-state index in [1.54, 1.807) is 17.7 Å². The molecule has 0 unspecified atom stereocenters. The Bertz CT molecular complexity index is 1470. The zero-order chi connectivity index (χ0) is 25.8. The SMILES string of the molecule is CCC1=C(Nc2ccc(N3CCN(C)CC3)cc2)N=c2c(ccc(=O)n2Cc2ccccc2OC)=CC1. The lowest BCUT2D eigenvalue weighted by atomic mass is 10.1. The summed E-state index contributed by atoms with van der Waals surface area (Å²) < 4.78 is 7.27. The van der Waals surface area contributed by atoms with Crippen LogP contribution in [0.2, 0.25) is 0 Å². The fraction of sp³-hybridized carbons (Fsp3) is 0.333. The number of benzene rings is 2. The van der Waals surface area contributed by atoms with Crippen molar-refractivity contribution < 1.29 is 4.74 Å². The van der Waals surface area contributed by atoms with Gasteiger partial charge in [-0.1, -0.05) is 31.2 Å². The van der Waals surface area contributed by atoms with Gasteiger partial charge in [0.05, 0.1) is 13.7 Å². The fourth-order valence-electron chi connectivity index (χ4n) is 4.93. The van der Waals surface area contributed by atoms with Gasteiger partial charge >= 0.3 is 0 Å². The summed E-state index contributed by atoms with van der Waals surface area (Å²) in [5.41, 5.74) is 4.95. The Kier molecular flexibility index (Phi) is 7.42. The van der Waals surface area contributed by atoms with Crippen LogP contribution in [0.3, 0.4) is 0 Å². The highest BCUT2D eigenvalue weighted by Gasteiger charge is 2.15. The van der Waals surface area contributed by atoms with Crippen LogP contribution in [-0.2, 0) is 6.54 Å². The second-order valence-electron chi connectivity index (χ2n) is 9.64. The Balaban J connectivity index is 1.48. The number of likely N-dealkylation sites (N-methyl/N-ethyl adjacent to an activating group) is 1. The van der Waals surface area contributed by atoms with Crippen LogP contribution in [0.4, 0.5) is 11.4 Å². The van der Waals surface area contributed by atoms with Crippen molar-refractivity contribution >= 4 is 17.5 Å². The summed E-state index contributed by atoms with van der Waals surface area (Å²) >= 11 is 0. The van der Waals surface area contributed by atoms with Crippen molar-refractivity contribution in [2.45, 2.75) is 26.3 Å². The van der Waals surface area contributed by atoms with Gasteiger partial charge in [-0.15, -0.1) is 0 Å². The molecule has 7 nitrogen and oxygen atoms in total. The Morgan fingerprint density at radius 3 is 2.46 bits per heavy atom. The maximum Gasteiger partial charge on any atom is 0.252 e. The van der Waals surface area contributed by atoms with Crippen molar-refractivity contribution in [3.05, 3.63) is 98.7 Å². The Labute approximate surface area is 218 Å². The number of fused-ring (bicyclic) bond motifs is 1. The number of allylic oxidation sites excluding steroid dienone is 1. The van der Waals surface area contributed by atoms with Gasteiger partial charge in [0, 0.05) is 54.4 Å². The van der Waals surface area contributed by atoms with Gasteiger partial charge < -0.3 is 19.9 Å². The van der Waals surface area contributed by atoms with Gasteiger partial charge in [0.15, 0.2) is 0 Å². The Hall–Kier alpha value is -3.84. The van der Waals surface area contributed by atoms with Crippen molar-refractivity contribution in [2.75, 3.05) is 50.6 Å². The lowest BCUT2D eigenvalue weighted by molar-refractivity contribution is 0.313. The standard InChI is InChI=1S/C30H35N5O2/c1-4-22-9-10-23-11-16-28(36)35(21-24-7-5-6-8-27(24)37-3)30(23)32-29(22)31-25-12-14-26(15-13-25)34-19-17-33(2)18-20-34/h5-8,10-16,31H,4,9,17-21H2,1-3H3. The van der Waals surface area contributed by atoms with Crippen molar-refractivity contribution in [2.24, 2.45) is 4.99 Å². The summed E-state index contributed by atoms with van der Waals surface area (Å²) in [6.07, 6.45) is 3.81. The lowest BCUT2D eigenvalue weighted by Crippen LogP contribution is -2.44. The number of piperazine rings is 1. The molecule has 3 heterocycles. The third-order valence-electron chi connectivity index (χ3n) is 7.25. The molecule has 0 saturated carbocycles. The van der Waals surface area contributed by atoms with E-state index in [4.69, 9.17) is 9.73 Å². The maximum absolute atomic E-state index is 13.0. The predicted molar refractivity (Wildman–Crippen MR) is 150 cm³/mol. The van der Waals surface area contributed by atoms with Crippen LogP contribution in [-0.4, -0.2) is 49.8 Å². The molecule has 1 saturated heterocycles. The van der Waals surface area contributed by atoms with Gasteiger partial charge in [0.1, 0.15) is 17.1 Å². The number of hydrogen-bond donors (Lipinski definition) is 1. The summed E-state index contributed by atoms with van der Waals surface area (Å²) in [7, 11) is 3.82. The molecule has 0 radical (unpaired) electrons. The molecule has 5 rings (SSSR count). The summed E-state index contributed by atoms with van der Waals surface area (Å²) in [6.45, 7) is 6.78. The second kappa shape index (κ2) is 11.0. The van der Waals surface area contributed by atoms with Crippen molar-refractivity contribution in [3.8, 4) is 5.75 Å². The number of anilines is 2. The number of aromatic nitrogens is 1. The minimum absolute atomic E-state index is 0.0855. The van der Waals surface area contributed by atoms with Gasteiger partial charge in [0.25, 0.3) is 5.56 Å². The largest absolute Gasteiger partial charge is 0.496 e. The average molecular weight is 498 g/mol. The predicted octanol–water partition coefficient (Wildman–Crippen LogP) is 3.19. The summed E-state index contributed by atoms with van der Waals surface area (Å²) in [6, 6.07) is 19.9. The molecule has 0 bridgehead atoms. The zero-order valence-corrected chi connectivity index (χ0v) is 21.9. The molecular weight excluding hydrogens is 462 g/mol. The van der Waals surface area contributed by atoms with Crippen LogP contribution in [0, 0.1) is 0 Å². The number of methoxy groups -OCH3 is 1.